The van der Waals surface area contributed by atoms with Gasteiger partial charge in [0.2, 0.25) is 0 Å². The molecule has 3 nitrogen and oxygen atoms in total. The van der Waals surface area contributed by atoms with E-state index in [1.165, 1.54) is 16.3 Å². The molecule has 0 fully saturated rings. The predicted molar refractivity (Wildman–Crippen MR) is 165 cm³/mol. The molecule has 0 atom stereocenters. The molecule has 0 N–H and O–H groups in total. The minimum Gasteiger partial charge on any atom is -0.422 e. The van der Waals surface area contributed by atoms with Crippen molar-refractivity contribution in [2.75, 3.05) is 0 Å². The molecule has 0 bridgehead atoms. The third-order valence-corrected chi connectivity index (χ3v) is 7.84. The third-order valence-electron chi connectivity index (χ3n) is 7.84. The molecule has 2 aromatic heterocycles. The van der Waals surface area contributed by atoms with Crippen LogP contribution in [0.1, 0.15) is 0 Å². The normalized spacial score (nSPS) is 11.6. The summed E-state index contributed by atoms with van der Waals surface area (Å²) in [5.41, 5.74) is 7.73. The van der Waals surface area contributed by atoms with Gasteiger partial charge in [0.15, 0.2) is 0 Å². The van der Waals surface area contributed by atoms with E-state index in [0.29, 0.717) is 11.0 Å². The zero-order valence-electron chi connectivity index (χ0n) is 21.5. The molecule has 0 unspecified atom stereocenters. The predicted octanol–water partition coefficient (Wildman–Crippen LogP) is 9.38. The van der Waals surface area contributed by atoms with Crippen molar-refractivity contribution >= 4 is 43.5 Å². The molecule has 8 rings (SSSR count). The van der Waals surface area contributed by atoms with E-state index in [1.54, 1.807) is 0 Å². The number of hydrogen-bond acceptors (Lipinski definition) is 2. The summed E-state index contributed by atoms with van der Waals surface area (Å²) < 4.78 is 8.28. The van der Waals surface area contributed by atoms with Crippen molar-refractivity contribution in [2.24, 2.45) is 0 Å². The van der Waals surface area contributed by atoms with Crippen LogP contribution in [0.25, 0.3) is 71.5 Å². The summed E-state index contributed by atoms with van der Waals surface area (Å²) in [7, 11) is 0. The Hall–Kier alpha value is -5.41. The lowest BCUT2D eigenvalue weighted by molar-refractivity contribution is 0.570. The molecule has 2 heterocycles. The Bertz CT molecular complexity index is 2280. The van der Waals surface area contributed by atoms with Crippen molar-refractivity contribution in [3.8, 4) is 27.9 Å². The van der Waals surface area contributed by atoms with Gasteiger partial charge in [-0.25, -0.2) is 4.79 Å². The number of hydrogen-bond donors (Lipinski definition) is 0. The summed E-state index contributed by atoms with van der Waals surface area (Å²) in [4.78, 5) is 13.3. The Morgan fingerprint density at radius 2 is 1.10 bits per heavy atom. The second-order valence-corrected chi connectivity index (χ2v) is 10.1. The summed E-state index contributed by atoms with van der Waals surface area (Å²) in [5.74, 6) is 0. The molecular weight excluding hydrogens is 490 g/mol. The maximum absolute atomic E-state index is 13.3. The molecule has 0 aliphatic heterocycles. The van der Waals surface area contributed by atoms with E-state index in [4.69, 9.17) is 4.42 Å². The van der Waals surface area contributed by atoms with Crippen LogP contribution in [-0.4, -0.2) is 4.57 Å². The summed E-state index contributed by atoms with van der Waals surface area (Å²) in [6, 6.07) is 47.7. The second kappa shape index (κ2) is 8.82. The van der Waals surface area contributed by atoms with Gasteiger partial charge in [0.25, 0.3) is 0 Å². The number of rotatable bonds is 3. The van der Waals surface area contributed by atoms with Crippen molar-refractivity contribution in [1.29, 1.82) is 0 Å². The van der Waals surface area contributed by atoms with Gasteiger partial charge in [0, 0.05) is 27.4 Å². The molecule has 0 spiro atoms. The molecule has 0 amide bonds. The quantitative estimate of drug-likeness (QED) is 0.174. The van der Waals surface area contributed by atoms with Crippen molar-refractivity contribution < 1.29 is 4.42 Å². The van der Waals surface area contributed by atoms with Gasteiger partial charge in [-0.05, 0) is 58.5 Å². The molecule has 3 heteroatoms. The molecule has 0 aliphatic rings. The first kappa shape index (κ1) is 22.6. The highest BCUT2D eigenvalue weighted by molar-refractivity contribution is 6.12. The highest BCUT2D eigenvalue weighted by Crippen LogP contribution is 2.37. The number of fused-ring (bicyclic) bond motifs is 6. The monoisotopic (exact) mass is 513 g/mol. The van der Waals surface area contributed by atoms with Gasteiger partial charge in [0.05, 0.1) is 16.4 Å². The van der Waals surface area contributed by atoms with Crippen LogP contribution >= 0.6 is 0 Å². The first-order valence-corrected chi connectivity index (χ1v) is 13.4. The van der Waals surface area contributed by atoms with Crippen molar-refractivity contribution in [3.05, 3.63) is 150 Å². The topological polar surface area (TPSA) is 35.1 Å². The molecule has 6 aromatic carbocycles. The van der Waals surface area contributed by atoms with E-state index >= 15 is 0 Å². The van der Waals surface area contributed by atoms with Crippen LogP contribution in [-0.2, 0) is 0 Å². The van der Waals surface area contributed by atoms with E-state index in [1.807, 2.05) is 60.7 Å². The maximum Gasteiger partial charge on any atom is 0.344 e. The SMILES string of the molecule is O=c1oc2c(-c3ccccc3)cccc2c2ccc(-c3ccc4c(c3)c3ccccc3n4-c3ccccc3)cc12. The first-order chi connectivity index (χ1) is 19.8. The fraction of sp³-hybridized carbons (Fsp3) is 0. The summed E-state index contributed by atoms with van der Waals surface area (Å²) >= 11 is 0. The molecule has 40 heavy (non-hydrogen) atoms. The zero-order chi connectivity index (χ0) is 26.6. The number of aromatic nitrogens is 1. The fourth-order valence-corrected chi connectivity index (χ4v) is 5.99. The summed E-state index contributed by atoms with van der Waals surface area (Å²) in [5, 5.41) is 4.79. The fourth-order valence-electron chi connectivity index (χ4n) is 5.99. The van der Waals surface area contributed by atoms with Gasteiger partial charge < -0.3 is 8.98 Å². The van der Waals surface area contributed by atoms with Crippen molar-refractivity contribution in [2.45, 2.75) is 0 Å². The molecule has 8 aromatic rings. The minimum atomic E-state index is -0.325. The summed E-state index contributed by atoms with van der Waals surface area (Å²) in [6.07, 6.45) is 0. The lowest BCUT2D eigenvalue weighted by atomic mass is 9.97. The highest BCUT2D eigenvalue weighted by atomic mass is 16.4. The van der Waals surface area contributed by atoms with E-state index in [2.05, 4.69) is 83.4 Å². The lowest BCUT2D eigenvalue weighted by Crippen LogP contribution is -2.01. The largest absolute Gasteiger partial charge is 0.422 e. The van der Waals surface area contributed by atoms with Crippen molar-refractivity contribution in [1.82, 2.24) is 4.57 Å². The maximum atomic E-state index is 13.3. The number of para-hydroxylation sites is 3. The van der Waals surface area contributed by atoms with E-state index in [9.17, 15) is 4.79 Å². The standard InChI is InChI=1S/C37H23NO2/c39-37-33-23-25(18-20-29(33)31-16-9-15-28(36(31)40-37)24-10-3-1-4-11-24)26-19-21-35-32(22-26)30-14-7-8-17-34(30)38(35)27-12-5-2-6-13-27/h1-23H. The van der Waals surface area contributed by atoms with Gasteiger partial charge in [-0.3, -0.25) is 0 Å². The van der Waals surface area contributed by atoms with Crippen LogP contribution in [0.5, 0.6) is 0 Å². The number of nitrogens with zero attached hydrogens (tertiary/aromatic N) is 1. The Morgan fingerprint density at radius 3 is 1.93 bits per heavy atom. The van der Waals surface area contributed by atoms with Crippen LogP contribution in [0.3, 0.4) is 0 Å². The van der Waals surface area contributed by atoms with Crippen LogP contribution in [0, 0.1) is 0 Å². The average molecular weight is 514 g/mol. The Balaban J connectivity index is 1.32. The lowest BCUT2D eigenvalue weighted by Gasteiger charge is -2.10. The van der Waals surface area contributed by atoms with Gasteiger partial charge in [0.1, 0.15) is 5.58 Å². The molecule has 0 aliphatic carbocycles. The Labute approximate surface area is 230 Å². The third kappa shape index (κ3) is 3.41. The minimum absolute atomic E-state index is 0.325. The smallest absolute Gasteiger partial charge is 0.344 e. The average Bonchev–Trinajstić information content (AvgIpc) is 3.35. The Morgan fingerprint density at radius 1 is 0.450 bits per heavy atom. The number of benzene rings is 6. The second-order valence-electron chi connectivity index (χ2n) is 10.1. The van der Waals surface area contributed by atoms with Crippen molar-refractivity contribution in [3.63, 3.8) is 0 Å². The molecule has 0 radical (unpaired) electrons. The summed E-state index contributed by atoms with van der Waals surface area (Å²) in [6.45, 7) is 0. The van der Waals surface area contributed by atoms with Gasteiger partial charge in [-0.15, -0.1) is 0 Å². The van der Waals surface area contributed by atoms with Crippen LogP contribution in [0.2, 0.25) is 0 Å². The highest BCUT2D eigenvalue weighted by Gasteiger charge is 2.15. The van der Waals surface area contributed by atoms with Gasteiger partial charge >= 0.3 is 5.63 Å². The van der Waals surface area contributed by atoms with E-state index < -0.39 is 0 Å². The van der Waals surface area contributed by atoms with Crippen LogP contribution < -0.4 is 5.63 Å². The molecule has 0 saturated heterocycles. The van der Waals surface area contributed by atoms with Crippen LogP contribution in [0.15, 0.2) is 149 Å². The van der Waals surface area contributed by atoms with Crippen LogP contribution in [0.4, 0.5) is 0 Å². The molecule has 0 saturated carbocycles. The molecular formula is C37H23NO2. The van der Waals surface area contributed by atoms with E-state index in [-0.39, 0.29) is 5.63 Å². The van der Waals surface area contributed by atoms with Gasteiger partial charge in [-0.2, -0.15) is 0 Å². The first-order valence-electron chi connectivity index (χ1n) is 13.4. The Kier molecular flexibility index (Phi) is 4.98. The molecule has 188 valence electrons. The van der Waals surface area contributed by atoms with Gasteiger partial charge in [-0.1, -0.05) is 103 Å². The zero-order valence-corrected chi connectivity index (χ0v) is 21.5. The van der Waals surface area contributed by atoms with E-state index in [0.717, 1.165) is 44.2 Å².